The molecule has 84 valence electrons. The topological polar surface area (TPSA) is 55.6 Å². The van der Waals surface area contributed by atoms with E-state index in [0.717, 1.165) is 30.2 Å². The molecule has 5 nitrogen and oxygen atoms in total. The van der Waals surface area contributed by atoms with Gasteiger partial charge in [0.05, 0.1) is 0 Å². The van der Waals surface area contributed by atoms with E-state index < -0.39 is 0 Å². The first-order chi connectivity index (χ1) is 7.83. The predicted molar refractivity (Wildman–Crippen MR) is 62.7 cm³/mol. The molecule has 1 N–H and O–H groups in total. The van der Waals surface area contributed by atoms with Crippen molar-refractivity contribution in [2.24, 2.45) is 0 Å². The second kappa shape index (κ2) is 4.74. The molecule has 0 saturated heterocycles. The van der Waals surface area contributed by atoms with Crippen LogP contribution in [0.1, 0.15) is 18.9 Å². The van der Waals surface area contributed by atoms with Gasteiger partial charge in [-0.25, -0.2) is 14.6 Å². The van der Waals surface area contributed by atoms with Crippen LogP contribution in [-0.4, -0.2) is 26.3 Å². The van der Waals surface area contributed by atoms with Crippen molar-refractivity contribution in [3.8, 4) is 5.82 Å². The number of hydrogen-bond donors (Lipinski definition) is 1. The summed E-state index contributed by atoms with van der Waals surface area (Å²) in [6, 6.07) is 1.88. The molecule has 0 fully saturated rings. The Hall–Kier alpha value is -1.91. The van der Waals surface area contributed by atoms with Crippen LogP contribution in [0, 0.1) is 6.92 Å². The van der Waals surface area contributed by atoms with Gasteiger partial charge in [-0.05, 0) is 19.4 Å². The van der Waals surface area contributed by atoms with Crippen LogP contribution in [-0.2, 0) is 0 Å². The van der Waals surface area contributed by atoms with Crippen LogP contribution in [0.2, 0.25) is 0 Å². The van der Waals surface area contributed by atoms with Gasteiger partial charge < -0.3 is 5.32 Å². The summed E-state index contributed by atoms with van der Waals surface area (Å²) in [4.78, 5) is 8.46. The van der Waals surface area contributed by atoms with E-state index in [2.05, 4.69) is 27.3 Å². The first-order valence-corrected chi connectivity index (χ1v) is 5.38. The van der Waals surface area contributed by atoms with Gasteiger partial charge in [0, 0.05) is 24.5 Å². The van der Waals surface area contributed by atoms with Crippen molar-refractivity contribution in [3.05, 3.63) is 30.4 Å². The van der Waals surface area contributed by atoms with Gasteiger partial charge in [0.15, 0.2) is 5.82 Å². The summed E-state index contributed by atoms with van der Waals surface area (Å²) in [5, 5.41) is 7.44. The van der Waals surface area contributed by atoms with Gasteiger partial charge in [0.1, 0.15) is 12.1 Å². The van der Waals surface area contributed by atoms with Gasteiger partial charge in [-0.1, -0.05) is 6.92 Å². The molecule has 2 aromatic heterocycles. The Balaban J connectivity index is 2.33. The Morgan fingerprint density at radius 3 is 2.94 bits per heavy atom. The normalized spacial score (nSPS) is 10.4. The van der Waals surface area contributed by atoms with Crippen LogP contribution in [0.15, 0.2) is 24.8 Å². The minimum Gasteiger partial charge on any atom is -0.370 e. The van der Waals surface area contributed by atoms with Crippen LogP contribution in [0.4, 0.5) is 5.82 Å². The standard InChI is InChI=1S/C11H15N5/c1-3-5-12-10-9(2)11(14-8-13-10)16-7-4-6-15-16/h4,6-8H,3,5H2,1-2H3,(H,12,13,14). The summed E-state index contributed by atoms with van der Waals surface area (Å²) in [7, 11) is 0. The number of nitrogens with one attached hydrogen (secondary N) is 1. The highest BCUT2D eigenvalue weighted by molar-refractivity contribution is 5.50. The van der Waals surface area contributed by atoms with E-state index in [-0.39, 0.29) is 0 Å². The van der Waals surface area contributed by atoms with Gasteiger partial charge in [-0.2, -0.15) is 5.10 Å². The zero-order valence-electron chi connectivity index (χ0n) is 9.51. The van der Waals surface area contributed by atoms with Crippen LogP contribution >= 0.6 is 0 Å². The molecule has 2 heterocycles. The average molecular weight is 217 g/mol. The molecular formula is C11H15N5. The third-order valence-electron chi connectivity index (χ3n) is 2.32. The Morgan fingerprint density at radius 2 is 2.25 bits per heavy atom. The summed E-state index contributed by atoms with van der Waals surface area (Å²) in [5.41, 5.74) is 1.01. The summed E-state index contributed by atoms with van der Waals surface area (Å²) >= 11 is 0. The smallest absolute Gasteiger partial charge is 0.161 e. The lowest BCUT2D eigenvalue weighted by Gasteiger charge is -2.10. The Bertz CT molecular complexity index is 449. The molecule has 0 aliphatic rings. The number of aromatic nitrogens is 4. The quantitative estimate of drug-likeness (QED) is 0.848. The molecule has 2 aromatic rings. The van der Waals surface area contributed by atoms with Crippen molar-refractivity contribution in [1.29, 1.82) is 0 Å². The third-order valence-corrected chi connectivity index (χ3v) is 2.32. The molecule has 0 aliphatic heterocycles. The van der Waals surface area contributed by atoms with Crippen LogP contribution in [0.3, 0.4) is 0 Å². The fourth-order valence-corrected chi connectivity index (χ4v) is 1.49. The molecule has 16 heavy (non-hydrogen) atoms. The lowest BCUT2D eigenvalue weighted by molar-refractivity contribution is 0.827. The molecule has 0 amide bonds. The number of anilines is 1. The first-order valence-electron chi connectivity index (χ1n) is 5.38. The highest BCUT2D eigenvalue weighted by Gasteiger charge is 2.07. The van der Waals surface area contributed by atoms with Gasteiger partial charge in [0.2, 0.25) is 0 Å². The molecule has 0 bridgehead atoms. The second-order valence-corrected chi connectivity index (χ2v) is 3.55. The highest BCUT2D eigenvalue weighted by Crippen LogP contribution is 2.16. The molecule has 0 atom stereocenters. The largest absolute Gasteiger partial charge is 0.370 e. The number of nitrogens with zero attached hydrogens (tertiary/aromatic N) is 4. The molecule has 5 heteroatoms. The lowest BCUT2D eigenvalue weighted by atomic mass is 10.3. The van der Waals surface area contributed by atoms with Crippen LogP contribution < -0.4 is 5.32 Å². The minimum atomic E-state index is 0.818. The van der Waals surface area contributed by atoms with Gasteiger partial charge >= 0.3 is 0 Å². The molecule has 0 unspecified atom stereocenters. The van der Waals surface area contributed by atoms with E-state index in [1.807, 2.05) is 19.2 Å². The van der Waals surface area contributed by atoms with E-state index in [1.165, 1.54) is 0 Å². The zero-order chi connectivity index (χ0) is 11.4. The Labute approximate surface area is 94.5 Å². The molecule has 0 radical (unpaired) electrons. The Morgan fingerprint density at radius 1 is 1.38 bits per heavy atom. The van der Waals surface area contributed by atoms with Gasteiger partial charge in [-0.3, -0.25) is 0 Å². The fourth-order valence-electron chi connectivity index (χ4n) is 1.49. The van der Waals surface area contributed by atoms with E-state index in [4.69, 9.17) is 0 Å². The lowest BCUT2D eigenvalue weighted by Crippen LogP contribution is -2.08. The van der Waals surface area contributed by atoms with Crippen LogP contribution in [0.5, 0.6) is 0 Å². The third kappa shape index (κ3) is 2.03. The maximum atomic E-state index is 4.24. The van der Waals surface area contributed by atoms with E-state index in [0.29, 0.717) is 0 Å². The number of hydrogen-bond acceptors (Lipinski definition) is 4. The van der Waals surface area contributed by atoms with Gasteiger partial charge in [0.25, 0.3) is 0 Å². The summed E-state index contributed by atoms with van der Waals surface area (Å²) in [5.74, 6) is 1.70. The molecule has 2 rings (SSSR count). The van der Waals surface area contributed by atoms with Crippen molar-refractivity contribution >= 4 is 5.82 Å². The first kappa shape index (κ1) is 10.6. The van der Waals surface area contributed by atoms with E-state index in [1.54, 1.807) is 17.2 Å². The maximum absolute atomic E-state index is 4.24. The Kier molecular flexibility index (Phi) is 3.14. The average Bonchev–Trinajstić information content (AvgIpc) is 2.81. The molecule has 0 saturated carbocycles. The van der Waals surface area contributed by atoms with E-state index >= 15 is 0 Å². The number of rotatable bonds is 4. The van der Waals surface area contributed by atoms with Gasteiger partial charge in [-0.15, -0.1) is 0 Å². The van der Waals surface area contributed by atoms with E-state index in [9.17, 15) is 0 Å². The molecule has 0 spiro atoms. The molecule has 0 aromatic carbocycles. The minimum absolute atomic E-state index is 0.818. The maximum Gasteiger partial charge on any atom is 0.161 e. The molecule has 0 aliphatic carbocycles. The van der Waals surface area contributed by atoms with Crippen molar-refractivity contribution in [2.45, 2.75) is 20.3 Å². The SMILES string of the molecule is CCCNc1ncnc(-n2cccn2)c1C. The fraction of sp³-hybridized carbons (Fsp3) is 0.364. The molecular weight excluding hydrogens is 202 g/mol. The summed E-state index contributed by atoms with van der Waals surface area (Å²) in [6.07, 6.45) is 6.24. The zero-order valence-corrected chi connectivity index (χ0v) is 9.51. The van der Waals surface area contributed by atoms with Crippen LogP contribution in [0.25, 0.3) is 5.82 Å². The monoisotopic (exact) mass is 217 g/mol. The second-order valence-electron chi connectivity index (χ2n) is 3.55. The highest BCUT2D eigenvalue weighted by atomic mass is 15.3. The van der Waals surface area contributed by atoms with Crippen molar-refractivity contribution in [3.63, 3.8) is 0 Å². The van der Waals surface area contributed by atoms with Crippen molar-refractivity contribution < 1.29 is 0 Å². The van der Waals surface area contributed by atoms with Crippen molar-refractivity contribution in [2.75, 3.05) is 11.9 Å². The summed E-state index contributed by atoms with van der Waals surface area (Å²) < 4.78 is 1.74. The van der Waals surface area contributed by atoms with Crippen molar-refractivity contribution in [1.82, 2.24) is 19.7 Å². The predicted octanol–water partition coefficient (Wildman–Crippen LogP) is 1.79. The summed E-state index contributed by atoms with van der Waals surface area (Å²) in [6.45, 7) is 5.03.